The Morgan fingerprint density at radius 3 is 2.42 bits per heavy atom. The Hall–Kier alpha value is -0.910. The van der Waals surface area contributed by atoms with Crippen LogP contribution in [0.5, 0.6) is 0 Å². The molecule has 1 aliphatic rings. The molecule has 1 aliphatic heterocycles. The highest BCUT2D eigenvalue weighted by atomic mass is 32.2. The molecule has 1 fully saturated rings. The van der Waals surface area contributed by atoms with Crippen molar-refractivity contribution in [2.45, 2.75) is 32.4 Å². The molecule has 0 bridgehead atoms. The van der Waals surface area contributed by atoms with E-state index in [2.05, 4.69) is 29.0 Å². The molecule has 19 heavy (non-hydrogen) atoms. The highest BCUT2D eigenvalue weighted by Gasteiger charge is 2.24. The van der Waals surface area contributed by atoms with E-state index in [4.69, 9.17) is 0 Å². The van der Waals surface area contributed by atoms with Gasteiger partial charge < -0.3 is 4.90 Å². The van der Waals surface area contributed by atoms with Gasteiger partial charge in [0.25, 0.3) is 0 Å². The van der Waals surface area contributed by atoms with Crippen molar-refractivity contribution in [2.24, 2.45) is 0 Å². The number of likely N-dealkylation sites (tertiary alicyclic amines) is 1. The van der Waals surface area contributed by atoms with E-state index in [1.54, 1.807) is 6.92 Å². The number of sulfonamides is 1. The summed E-state index contributed by atoms with van der Waals surface area (Å²) in [6, 6.07) is 10.6. The van der Waals surface area contributed by atoms with Gasteiger partial charge >= 0.3 is 0 Å². The van der Waals surface area contributed by atoms with E-state index in [0.717, 1.165) is 32.5 Å². The Morgan fingerprint density at radius 1 is 1.21 bits per heavy atom. The quantitative estimate of drug-likeness (QED) is 0.809. The molecule has 0 unspecified atom stereocenters. The van der Waals surface area contributed by atoms with Crippen LogP contribution >= 0.6 is 0 Å². The predicted molar refractivity (Wildman–Crippen MR) is 76.5 cm³/mol. The molecule has 5 heteroatoms. The van der Waals surface area contributed by atoms with Crippen LogP contribution in [0.25, 0.3) is 0 Å². The number of nitrogens with one attached hydrogen (secondary N) is 2. The number of benzene rings is 1. The molecule has 0 spiro atoms. The van der Waals surface area contributed by atoms with Gasteiger partial charge in [0.2, 0.25) is 10.0 Å². The van der Waals surface area contributed by atoms with Crippen molar-refractivity contribution in [3.63, 3.8) is 0 Å². The summed E-state index contributed by atoms with van der Waals surface area (Å²) < 4.78 is 25.8. The second-order valence-electron chi connectivity index (χ2n) is 5.21. The molecule has 0 aromatic heterocycles. The predicted octanol–water partition coefficient (Wildman–Crippen LogP) is 0.173. The Kier molecular flexibility index (Phi) is 4.96. The van der Waals surface area contributed by atoms with E-state index in [0.29, 0.717) is 0 Å². The number of hydrogen-bond acceptors (Lipinski definition) is 2. The lowest BCUT2D eigenvalue weighted by Gasteiger charge is -2.29. The van der Waals surface area contributed by atoms with Gasteiger partial charge in [-0.2, -0.15) is 0 Å². The van der Waals surface area contributed by atoms with E-state index >= 15 is 0 Å². The molecule has 0 aliphatic carbocycles. The van der Waals surface area contributed by atoms with Gasteiger partial charge in [-0.15, -0.1) is 0 Å². The molecular weight excluding hydrogens is 260 g/mol. The lowest BCUT2D eigenvalue weighted by molar-refractivity contribution is -0.918. The van der Waals surface area contributed by atoms with E-state index in [9.17, 15) is 8.42 Å². The van der Waals surface area contributed by atoms with E-state index in [1.807, 2.05) is 6.07 Å². The smallest absolute Gasteiger partial charge is 0.211 e. The number of rotatable bonds is 5. The van der Waals surface area contributed by atoms with Gasteiger partial charge in [-0.1, -0.05) is 30.3 Å². The molecule has 0 atom stereocenters. The first-order chi connectivity index (χ1) is 9.09. The maximum absolute atomic E-state index is 11.5. The Bertz CT molecular complexity index is 479. The zero-order valence-corrected chi connectivity index (χ0v) is 12.2. The second kappa shape index (κ2) is 6.50. The third kappa shape index (κ3) is 4.60. The molecule has 1 saturated heterocycles. The summed E-state index contributed by atoms with van der Waals surface area (Å²) in [5, 5.41) is 0. The molecule has 1 aromatic carbocycles. The van der Waals surface area contributed by atoms with Crippen molar-refractivity contribution in [3.8, 4) is 0 Å². The first-order valence-electron chi connectivity index (χ1n) is 6.96. The molecule has 2 N–H and O–H groups in total. The summed E-state index contributed by atoms with van der Waals surface area (Å²) in [5.41, 5.74) is 1.35. The number of piperidine rings is 1. The molecule has 0 saturated carbocycles. The average Bonchev–Trinajstić information content (AvgIpc) is 2.42. The zero-order chi connectivity index (χ0) is 13.7. The van der Waals surface area contributed by atoms with Gasteiger partial charge in [0.05, 0.1) is 18.8 Å². The van der Waals surface area contributed by atoms with Crippen LogP contribution in [0.2, 0.25) is 0 Å². The normalized spacial score (nSPS) is 24.3. The number of hydrogen-bond donors (Lipinski definition) is 2. The van der Waals surface area contributed by atoms with Crippen LogP contribution in [0, 0.1) is 0 Å². The number of quaternary nitrogens is 1. The van der Waals surface area contributed by atoms with Crippen molar-refractivity contribution in [3.05, 3.63) is 35.9 Å². The van der Waals surface area contributed by atoms with Gasteiger partial charge in [0.1, 0.15) is 6.54 Å². The molecule has 1 heterocycles. The minimum Gasteiger partial charge on any atom is -0.331 e. The summed E-state index contributed by atoms with van der Waals surface area (Å²) in [7, 11) is -3.05. The van der Waals surface area contributed by atoms with Crippen LogP contribution in [0.15, 0.2) is 30.3 Å². The highest BCUT2D eigenvalue weighted by Crippen LogP contribution is 2.03. The van der Waals surface area contributed by atoms with Crippen molar-refractivity contribution >= 4 is 10.0 Å². The summed E-state index contributed by atoms with van der Waals surface area (Å²) in [6.45, 7) is 4.78. The Labute approximate surface area is 115 Å². The lowest BCUT2D eigenvalue weighted by Crippen LogP contribution is -3.12. The minimum absolute atomic E-state index is 0.129. The first kappa shape index (κ1) is 14.5. The van der Waals surface area contributed by atoms with Crippen LogP contribution in [-0.4, -0.2) is 33.3 Å². The summed E-state index contributed by atoms with van der Waals surface area (Å²) >= 11 is 0. The third-order valence-electron chi connectivity index (χ3n) is 3.72. The minimum atomic E-state index is -3.05. The first-order valence-corrected chi connectivity index (χ1v) is 8.62. The van der Waals surface area contributed by atoms with E-state index in [1.165, 1.54) is 10.5 Å². The molecular formula is C14H23N2O2S+. The third-order valence-corrected chi connectivity index (χ3v) is 5.17. The van der Waals surface area contributed by atoms with Gasteiger partial charge in [0, 0.05) is 24.4 Å². The molecule has 0 radical (unpaired) electrons. The Morgan fingerprint density at radius 2 is 1.84 bits per heavy atom. The van der Waals surface area contributed by atoms with Gasteiger partial charge in [-0.25, -0.2) is 13.1 Å². The Balaban J connectivity index is 1.80. The van der Waals surface area contributed by atoms with Crippen molar-refractivity contribution in [1.29, 1.82) is 0 Å². The van der Waals surface area contributed by atoms with Crippen LogP contribution in [-0.2, 0) is 16.6 Å². The zero-order valence-electron chi connectivity index (χ0n) is 11.4. The highest BCUT2D eigenvalue weighted by molar-refractivity contribution is 7.89. The fourth-order valence-electron chi connectivity index (χ4n) is 2.54. The molecule has 2 rings (SSSR count). The average molecular weight is 283 g/mol. The summed E-state index contributed by atoms with van der Waals surface area (Å²) in [4.78, 5) is 1.54. The standard InChI is InChI=1S/C14H22N2O2S/c1-2-19(17,18)15-14-8-10-16(11-9-14)12-13-6-4-3-5-7-13/h3-7,14-15H,2,8-12H2,1H3/p+1. The van der Waals surface area contributed by atoms with Crippen LogP contribution < -0.4 is 9.62 Å². The van der Waals surface area contributed by atoms with Crippen molar-refractivity contribution in [2.75, 3.05) is 18.8 Å². The van der Waals surface area contributed by atoms with E-state index < -0.39 is 10.0 Å². The van der Waals surface area contributed by atoms with Crippen LogP contribution in [0.1, 0.15) is 25.3 Å². The lowest BCUT2D eigenvalue weighted by atomic mass is 10.1. The largest absolute Gasteiger partial charge is 0.331 e. The molecule has 0 amide bonds. The molecule has 4 nitrogen and oxygen atoms in total. The molecule has 106 valence electrons. The van der Waals surface area contributed by atoms with Crippen molar-refractivity contribution in [1.82, 2.24) is 4.72 Å². The van der Waals surface area contributed by atoms with Crippen LogP contribution in [0.4, 0.5) is 0 Å². The maximum Gasteiger partial charge on any atom is 0.211 e. The fourth-order valence-corrected chi connectivity index (χ4v) is 3.45. The van der Waals surface area contributed by atoms with Gasteiger partial charge in [-0.3, -0.25) is 0 Å². The van der Waals surface area contributed by atoms with Crippen molar-refractivity contribution < 1.29 is 13.3 Å². The van der Waals surface area contributed by atoms with Gasteiger partial charge in [0.15, 0.2) is 0 Å². The monoisotopic (exact) mass is 283 g/mol. The summed E-state index contributed by atoms with van der Waals surface area (Å²) in [5.74, 6) is 0.171. The summed E-state index contributed by atoms with van der Waals surface area (Å²) in [6.07, 6.45) is 1.86. The topological polar surface area (TPSA) is 50.6 Å². The van der Waals surface area contributed by atoms with E-state index in [-0.39, 0.29) is 11.8 Å². The SMILES string of the molecule is CCS(=O)(=O)NC1CC[NH+](Cc2ccccc2)CC1. The van der Waals surface area contributed by atoms with Gasteiger partial charge in [-0.05, 0) is 6.92 Å². The van der Waals surface area contributed by atoms with Crippen LogP contribution in [0.3, 0.4) is 0 Å². The molecule has 1 aromatic rings. The second-order valence-corrected chi connectivity index (χ2v) is 7.25. The maximum atomic E-state index is 11.5. The fraction of sp³-hybridized carbons (Fsp3) is 0.571.